The third-order valence-corrected chi connectivity index (χ3v) is 5.11. The van der Waals surface area contributed by atoms with E-state index < -0.39 is 5.63 Å². The van der Waals surface area contributed by atoms with Gasteiger partial charge in [0.2, 0.25) is 5.91 Å². The molecule has 1 amide bonds. The van der Waals surface area contributed by atoms with Gasteiger partial charge in [-0.15, -0.1) is 0 Å². The molecule has 0 radical (unpaired) electrons. The van der Waals surface area contributed by atoms with Crippen molar-refractivity contribution in [2.24, 2.45) is 0 Å². The molecule has 1 fully saturated rings. The minimum atomic E-state index is -0.405. The first-order valence-electron chi connectivity index (χ1n) is 9.55. The zero-order valence-corrected chi connectivity index (χ0v) is 16.2. The van der Waals surface area contributed by atoms with Gasteiger partial charge in [-0.05, 0) is 42.0 Å². The lowest BCUT2D eigenvalue weighted by Crippen LogP contribution is -2.46. The number of amides is 1. The number of piperazine rings is 1. The summed E-state index contributed by atoms with van der Waals surface area (Å²) in [6.45, 7) is 5.41. The highest BCUT2D eigenvalue weighted by Crippen LogP contribution is 2.23. The van der Waals surface area contributed by atoms with Gasteiger partial charge in [-0.1, -0.05) is 0 Å². The van der Waals surface area contributed by atoms with Gasteiger partial charge < -0.3 is 14.6 Å². The molecule has 0 bridgehead atoms. The molecule has 0 unspecified atom stereocenters. The van der Waals surface area contributed by atoms with Gasteiger partial charge in [0, 0.05) is 68.5 Å². The Bertz CT molecular complexity index is 1090. The van der Waals surface area contributed by atoms with Crippen molar-refractivity contribution in [2.75, 3.05) is 36.4 Å². The van der Waals surface area contributed by atoms with Crippen LogP contribution in [0.5, 0.6) is 0 Å². The summed E-state index contributed by atoms with van der Waals surface area (Å²) in [6, 6.07) is 13.4. The van der Waals surface area contributed by atoms with Crippen molar-refractivity contribution in [1.82, 2.24) is 4.90 Å². The van der Waals surface area contributed by atoms with Crippen molar-refractivity contribution in [3.05, 3.63) is 70.3 Å². The summed E-state index contributed by atoms with van der Waals surface area (Å²) in [4.78, 5) is 27.8. The Balaban J connectivity index is 1.49. The number of nitrogens with zero attached hydrogens (tertiary/aromatic N) is 2. The lowest BCUT2D eigenvalue weighted by molar-refractivity contribution is -0.114. The van der Waals surface area contributed by atoms with Crippen LogP contribution < -0.4 is 15.8 Å². The topological polar surface area (TPSA) is 65.8 Å². The van der Waals surface area contributed by atoms with Gasteiger partial charge in [0.1, 0.15) is 11.4 Å². The van der Waals surface area contributed by atoms with Gasteiger partial charge in [0.25, 0.3) is 0 Å². The van der Waals surface area contributed by atoms with Gasteiger partial charge in [0.05, 0.1) is 0 Å². The molecule has 2 aromatic carbocycles. The van der Waals surface area contributed by atoms with Gasteiger partial charge in [-0.25, -0.2) is 9.18 Å². The molecule has 0 spiro atoms. The van der Waals surface area contributed by atoms with Crippen LogP contribution in [0.2, 0.25) is 0 Å². The molecule has 1 saturated heterocycles. The number of carbonyl (C=O) groups excluding carboxylic acids is 1. The monoisotopic (exact) mass is 395 g/mol. The van der Waals surface area contributed by atoms with E-state index in [4.69, 9.17) is 4.42 Å². The highest BCUT2D eigenvalue weighted by atomic mass is 19.1. The first-order valence-corrected chi connectivity index (χ1v) is 9.55. The normalized spacial score (nSPS) is 14.9. The number of hydrogen-bond donors (Lipinski definition) is 1. The molecule has 0 atom stereocenters. The Labute approximate surface area is 167 Å². The molecule has 150 valence electrons. The van der Waals surface area contributed by atoms with Crippen LogP contribution in [0.3, 0.4) is 0 Å². The van der Waals surface area contributed by atoms with Crippen molar-refractivity contribution in [1.29, 1.82) is 0 Å². The fourth-order valence-corrected chi connectivity index (χ4v) is 3.70. The number of nitrogens with one attached hydrogen (secondary N) is 1. The number of benzene rings is 2. The van der Waals surface area contributed by atoms with Gasteiger partial charge >= 0.3 is 5.63 Å². The molecular weight excluding hydrogens is 373 g/mol. The van der Waals surface area contributed by atoms with E-state index in [9.17, 15) is 14.0 Å². The second kappa shape index (κ2) is 8.05. The number of fused-ring (bicyclic) bond motifs is 1. The number of hydrogen-bond acceptors (Lipinski definition) is 5. The lowest BCUT2D eigenvalue weighted by Gasteiger charge is -2.36. The van der Waals surface area contributed by atoms with Crippen molar-refractivity contribution in [3.8, 4) is 0 Å². The minimum absolute atomic E-state index is 0.179. The quantitative estimate of drug-likeness (QED) is 0.687. The summed E-state index contributed by atoms with van der Waals surface area (Å²) >= 11 is 0. The van der Waals surface area contributed by atoms with Crippen LogP contribution in [-0.2, 0) is 11.3 Å². The average Bonchev–Trinajstić information content (AvgIpc) is 2.68. The molecule has 7 heteroatoms. The smallest absolute Gasteiger partial charge is 0.336 e. The van der Waals surface area contributed by atoms with E-state index in [1.54, 1.807) is 24.3 Å². The Hall–Kier alpha value is -3.19. The molecule has 4 rings (SSSR count). The van der Waals surface area contributed by atoms with Crippen molar-refractivity contribution in [2.45, 2.75) is 13.5 Å². The number of rotatable bonds is 4. The minimum Gasteiger partial charge on any atom is -0.423 e. The Morgan fingerprint density at radius 3 is 2.48 bits per heavy atom. The SMILES string of the molecule is CC(=O)Nc1ccc2c(CN3CCN(c4ccc(F)cc4)CC3)cc(=O)oc2c1. The van der Waals surface area contributed by atoms with Gasteiger partial charge in [-0.2, -0.15) is 0 Å². The zero-order valence-electron chi connectivity index (χ0n) is 16.2. The zero-order chi connectivity index (χ0) is 20.4. The Morgan fingerprint density at radius 2 is 1.79 bits per heavy atom. The average molecular weight is 395 g/mol. The van der Waals surface area contributed by atoms with Crippen LogP contribution in [0.25, 0.3) is 11.0 Å². The predicted octanol–water partition coefficient (Wildman–Crippen LogP) is 3.21. The summed E-state index contributed by atoms with van der Waals surface area (Å²) in [5.74, 6) is -0.411. The molecule has 3 aromatic rings. The Morgan fingerprint density at radius 1 is 1.07 bits per heavy atom. The van der Waals surface area contributed by atoms with Crippen LogP contribution in [0.1, 0.15) is 12.5 Å². The summed E-state index contributed by atoms with van der Waals surface area (Å²) in [5, 5.41) is 3.56. The Kier molecular flexibility index (Phi) is 5.31. The van der Waals surface area contributed by atoms with Crippen LogP contribution >= 0.6 is 0 Å². The highest BCUT2D eigenvalue weighted by Gasteiger charge is 2.19. The summed E-state index contributed by atoms with van der Waals surface area (Å²) in [5.41, 5.74) is 2.57. The summed E-state index contributed by atoms with van der Waals surface area (Å²) in [6.07, 6.45) is 0. The molecule has 6 nitrogen and oxygen atoms in total. The van der Waals surface area contributed by atoms with E-state index in [-0.39, 0.29) is 11.7 Å². The molecule has 29 heavy (non-hydrogen) atoms. The van der Waals surface area contributed by atoms with Crippen molar-refractivity contribution in [3.63, 3.8) is 0 Å². The van der Waals surface area contributed by atoms with Crippen molar-refractivity contribution < 1.29 is 13.6 Å². The van der Waals surface area contributed by atoms with Crippen LogP contribution in [0, 0.1) is 5.82 Å². The second-order valence-corrected chi connectivity index (χ2v) is 7.22. The standard InChI is InChI=1S/C22H22FN3O3/c1-15(27)24-18-4-7-20-16(12-22(28)29-21(20)13-18)14-25-8-10-26(11-9-25)19-5-2-17(23)3-6-19/h2-7,12-13H,8-11,14H2,1H3,(H,24,27). The molecule has 2 heterocycles. The molecule has 1 aliphatic rings. The first-order chi connectivity index (χ1) is 14.0. The first kappa shape index (κ1) is 19.1. The number of anilines is 2. The molecule has 0 saturated carbocycles. The number of carbonyl (C=O) groups is 1. The van der Waals surface area contributed by atoms with E-state index in [0.717, 1.165) is 42.8 Å². The van der Waals surface area contributed by atoms with Crippen LogP contribution in [0.15, 0.2) is 57.7 Å². The predicted molar refractivity (Wildman–Crippen MR) is 111 cm³/mol. The largest absolute Gasteiger partial charge is 0.423 e. The van der Waals surface area contributed by atoms with Gasteiger partial charge in [0.15, 0.2) is 0 Å². The molecule has 1 aliphatic heterocycles. The summed E-state index contributed by atoms with van der Waals surface area (Å²) < 4.78 is 18.5. The van der Waals surface area contributed by atoms with E-state index in [0.29, 0.717) is 17.8 Å². The van der Waals surface area contributed by atoms with E-state index in [1.165, 1.54) is 25.1 Å². The second-order valence-electron chi connectivity index (χ2n) is 7.22. The maximum absolute atomic E-state index is 13.1. The van der Waals surface area contributed by atoms with E-state index in [2.05, 4.69) is 15.1 Å². The van der Waals surface area contributed by atoms with Crippen molar-refractivity contribution >= 4 is 28.3 Å². The van der Waals surface area contributed by atoms with Gasteiger partial charge in [-0.3, -0.25) is 9.69 Å². The molecule has 0 aliphatic carbocycles. The van der Waals surface area contributed by atoms with Crippen LogP contribution in [-0.4, -0.2) is 37.0 Å². The molecular formula is C22H22FN3O3. The lowest BCUT2D eigenvalue weighted by atomic mass is 10.1. The third kappa shape index (κ3) is 4.46. The molecule has 1 aromatic heterocycles. The highest BCUT2D eigenvalue weighted by molar-refractivity contribution is 5.92. The fraction of sp³-hybridized carbons (Fsp3) is 0.273. The third-order valence-electron chi connectivity index (χ3n) is 5.11. The maximum atomic E-state index is 13.1. The van der Waals surface area contributed by atoms with E-state index >= 15 is 0 Å². The number of halogens is 1. The molecule has 1 N–H and O–H groups in total. The summed E-state index contributed by atoms with van der Waals surface area (Å²) in [7, 11) is 0. The fourth-order valence-electron chi connectivity index (χ4n) is 3.70. The maximum Gasteiger partial charge on any atom is 0.336 e. The van der Waals surface area contributed by atoms with Crippen LogP contribution in [0.4, 0.5) is 15.8 Å². The van der Waals surface area contributed by atoms with E-state index in [1.807, 2.05) is 6.07 Å².